The Morgan fingerprint density at radius 2 is 0.574 bits per heavy atom. The summed E-state index contributed by atoms with van der Waals surface area (Å²) in [6.45, 7) is 6.05. The van der Waals surface area contributed by atoms with Crippen LogP contribution in [0.3, 0.4) is 0 Å². The van der Waals surface area contributed by atoms with Crippen molar-refractivity contribution in [2.24, 2.45) is 0 Å². The first-order valence-electron chi connectivity index (χ1n) is 26.5. The van der Waals surface area contributed by atoms with E-state index >= 15 is 0 Å². The number of hydrogen-bond acceptors (Lipinski definition) is 7. The molecule has 7 nitrogen and oxygen atoms in total. The fraction of sp³-hybridized carbons (Fsp3) is 0.926. The Labute approximate surface area is 380 Å². The van der Waals surface area contributed by atoms with Gasteiger partial charge in [-0.05, 0) is 76.4 Å². The average Bonchev–Trinajstić information content (AvgIpc) is 3.27. The predicted molar refractivity (Wildman–Crippen MR) is 261 cm³/mol. The standard InChI is InChI=1S/C54H106O7/c1-7-9-11-13-15-31-37-43-49-59-53(47-41-35-29-25-21-17-19-23-27-33-39-45-51(55-3)56-4)61-54(60-50-44-38-32-16-14-12-10-8-2)48-42-36-30-26-22-18-20-24-28-34-40-46-52(57-5)58-6/h41-42,47-48,51-54H,7-40,43-46,49-50H2,1-6H3. The molecule has 0 aliphatic carbocycles. The van der Waals surface area contributed by atoms with Crippen LogP contribution in [-0.4, -0.2) is 66.8 Å². The van der Waals surface area contributed by atoms with Crippen molar-refractivity contribution in [2.75, 3.05) is 41.7 Å². The molecule has 0 radical (unpaired) electrons. The second-order valence-corrected chi connectivity index (χ2v) is 17.7. The maximum atomic E-state index is 6.60. The van der Waals surface area contributed by atoms with E-state index < -0.39 is 0 Å². The van der Waals surface area contributed by atoms with E-state index in [1.165, 1.54) is 205 Å². The molecule has 364 valence electrons. The van der Waals surface area contributed by atoms with E-state index in [4.69, 9.17) is 33.2 Å². The molecule has 0 aliphatic rings. The van der Waals surface area contributed by atoms with Crippen molar-refractivity contribution < 1.29 is 33.2 Å². The minimum atomic E-state index is -0.373. The van der Waals surface area contributed by atoms with E-state index in [9.17, 15) is 0 Å². The molecule has 0 aromatic carbocycles. The summed E-state index contributed by atoms with van der Waals surface area (Å²) in [6.07, 6.45) is 56.2. The monoisotopic (exact) mass is 867 g/mol. The van der Waals surface area contributed by atoms with Crippen molar-refractivity contribution in [1.82, 2.24) is 0 Å². The number of unbranched alkanes of at least 4 members (excludes halogenated alkanes) is 32. The van der Waals surface area contributed by atoms with Gasteiger partial charge in [-0.15, -0.1) is 0 Å². The number of methoxy groups -OCH3 is 4. The van der Waals surface area contributed by atoms with Crippen LogP contribution in [0.4, 0.5) is 0 Å². The van der Waals surface area contributed by atoms with E-state index in [-0.39, 0.29) is 25.2 Å². The minimum Gasteiger partial charge on any atom is -0.356 e. The van der Waals surface area contributed by atoms with Crippen LogP contribution in [0.15, 0.2) is 24.3 Å². The molecule has 2 atom stereocenters. The number of ether oxygens (including phenoxy) is 7. The third kappa shape index (κ3) is 45.6. The fourth-order valence-corrected chi connectivity index (χ4v) is 7.98. The zero-order valence-electron chi connectivity index (χ0n) is 41.8. The Morgan fingerprint density at radius 3 is 0.869 bits per heavy atom. The first-order valence-corrected chi connectivity index (χ1v) is 26.5. The summed E-state index contributed by atoms with van der Waals surface area (Å²) < 4.78 is 40.7. The summed E-state index contributed by atoms with van der Waals surface area (Å²) in [5.74, 6) is 0. The van der Waals surface area contributed by atoms with Crippen LogP contribution in [0.1, 0.15) is 258 Å². The summed E-state index contributed by atoms with van der Waals surface area (Å²) in [6, 6.07) is 0. The molecular formula is C54H106O7. The molecule has 7 heteroatoms. The van der Waals surface area contributed by atoms with Crippen molar-refractivity contribution >= 4 is 0 Å². The second kappa shape index (κ2) is 51.8. The van der Waals surface area contributed by atoms with E-state index in [0.29, 0.717) is 0 Å². The highest BCUT2D eigenvalue weighted by Gasteiger charge is 2.14. The molecule has 0 aliphatic heterocycles. The molecule has 0 heterocycles. The minimum absolute atomic E-state index is 0.0441. The lowest BCUT2D eigenvalue weighted by molar-refractivity contribution is -0.208. The van der Waals surface area contributed by atoms with Gasteiger partial charge in [0, 0.05) is 28.4 Å². The number of rotatable bonds is 52. The van der Waals surface area contributed by atoms with Gasteiger partial charge in [-0.1, -0.05) is 206 Å². The lowest BCUT2D eigenvalue weighted by Crippen LogP contribution is -2.25. The quantitative estimate of drug-likeness (QED) is 0.0343. The van der Waals surface area contributed by atoms with Gasteiger partial charge in [0.2, 0.25) is 0 Å². The van der Waals surface area contributed by atoms with E-state index in [0.717, 1.165) is 51.7 Å². The molecule has 0 N–H and O–H groups in total. The maximum Gasteiger partial charge on any atom is 0.180 e. The molecule has 0 fully saturated rings. The van der Waals surface area contributed by atoms with Gasteiger partial charge in [-0.3, -0.25) is 0 Å². The van der Waals surface area contributed by atoms with Gasteiger partial charge in [0.1, 0.15) is 0 Å². The first-order chi connectivity index (χ1) is 30.1. The molecular weight excluding hydrogens is 761 g/mol. The Bertz CT molecular complexity index is 790. The van der Waals surface area contributed by atoms with Crippen LogP contribution in [0.25, 0.3) is 0 Å². The lowest BCUT2D eigenvalue weighted by Gasteiger charge is -2.22. The number of hydrogen-bond donors (Lipinski definition) is 0. The fourth-order valence-electron chi connectivity index (χ4n) is 7.98. The Kier molecular flexibility index (Phi) is 51.2. The van der Waals surface area contributed by atoms with Gasteiger partial charge in [-0.2, -0.15) is 0 Å². The third-order valence-electron chi connectivity index (χ3n) is 12.1. The highest BCUT2D eigenvalue weighted by Crippen LogP contribution is 2.17. The van der Waals surface area contributed by atoms with Crippen molar-refractivity contribution in [1.29, 1.82) is 0 Å². The van der Waals surface area contributed by atoms with Crippen LogP contribution >= 0.6 is 0 Å². The summed E-state index contributed by atoms with van der Waals surface area (Å²) >= 11 is 0. The van der Waals surface area contributed by atoms with Crippen molar-refractivity contribution in [3.05, 3.63) is 24.3 Å². The Morgan fingerprint density at radius 1 is 0.311 bits per heavy atom. The van der Waals surface area contributed by atoms with Gasteiger partial charge < -0.3 is 33.2 Å². The molecule has 0 spiro atoms. The second-order valence-electron chi connectivity index (χ2n) is 17.7. The van der Waals surface area contributed by atoms with Crippen molar-refractivity contribution in [2.45, 2.75) is 283 Å². The van der Waals surface area contributed by atoms with Gasteiger partial charge in [0.05, 0.1) is 13.2 Å². The molecule has 0 saturated heterocycles. The van der Waals surface area contributed by atoms with Gasteiger partial charge in [-0.25, -0.2) is 0 Å². The van der Waals surface area contributed by atoms with E-state index in [2.05, 4.69) is 38.2 Å². The molecule has 0 aromatic heterocycles. The highest BCUT2D eigenvalue weighted by atomic mass is 16.8. The number of allylic oxidation sites excluding steroid dienone is 2. The first kappa shape index (κ1) is 60.2. The predicted octanol–water partition coefficient (Wildman–Crippen LogP) is 16.9. The zero-order chi connectivity index (χ0) is 44.4. The smallest absolute Gasteiger partial charge is 0.180 e. The highest BCUT2D eigenvalue weighted by molar-refractivity contribution is 4.90. The van der Waals surface area contributed by atoms with E-state index in [1.807, 2.05) is 0 Å². The molecule has 0 amide bonds. The van der Waals surface area contributed by atoms with Gasteiger partial charge in [0.15, 0.2) is 25.2 Å². The van der Waals surface area contributed by atoms with Gasteiger partial charge >= 0.3 is 0 Å². The maximum absolute atomic E-state index is 6.60. The molecule has 2 unspecified atom stereocenters. The summed E-state index contributed by atoms with van der Waals surface area (Å²) in [5.41, 5.74) is 0. The molecule has 0 saturated carbocycles. The van der Waals surface area contributed by atoms with Crippen LogP contribution in [-0.2, 0) is 33.2 Å². The van der Waals surface area contributed by atoms with Gasteiger partial charge in [0.25, 0.3) is 0 Å². The SMILES string of the molecule is CCCCCCCCCCOC(C=CCCCCCCCCCCCC(OC)OC)OC(C=CCCCCCCCCCCCC(OC)OC)OCCCCCCCCCC. The lowest BCUT2D eigenvalue weighted by atomic mass is 10.1. The molecule has 61 heavy (non-hydrogen) atoms. The van der Waals surface area contributed by atoms with Crippen LogP contribution in [0.2, 0.25) is 0 Å². The molecule has 0 rings (SSSR count). The summed E-state index contributed by atoms with van der Waals surface area (Å²) in [5, 5.41) is 0. The Hall–Kier alpha value is -0.800. The van der Waals surface area contributed by atoms with E-state index in [1.54, 1.807) is 28.4 Å². The van der Waals surface area contributed by atoms with Crippen molar-refractivity contribution in [3.63, 3.8) is 0 Å². The summed E-state index contributed by atoms with van der Waals surface area (Å²) in [7, 11) is 6.90. The Balaban J connectivity index is 4.89. The van der Waals surface area contributed by atoms with Crippen LogP contribution < -0.4 is 0 Å². The zero-order valence-corrected chi connectivity index (χ0v) is 41.8. The normalized spacial score (nSPS) is 13.2. The van der Waals surface area contributed by atoms with Crippen LogP contribution in [0.5, 0.6) is 0 Å². The average molecular weight is 867 g/mol. The third-order valence-corrected chi connectivity index (χ3v) is 12.1. The summed E-state index contributed by atoms with van der Waals surface area (Å²) in [4.78, 5) is 0. The largest absolute Gasteiger partial charge is 0.356 e. The molecule has 0 aromatic rings. The molecule has 0 bridgehead atoms. The topological polar surface area (TPSA) is 64.6 Å². The van der Waals surface area contributed by atoms with Crippen LogP contribution in [0, 0.1) is 0 Å². The van der Waals surface area contributed by atoms with Crippen molar-refractivity contribution in [3.8, 4) is 0 Å².